The molecule has 0 aromatic heterocycles. The van der Waals surface area contributed by atoms with Gasteiger partial charge in [0.1, 0.15) is 6.61 Å². The van der Waals surface area contributed by atoms with Crippen molar-refractivity contribution in [1.29, 1.82) is 0 Å². The summed E-state index contributed by atoms with van der Waals surface area (Å²) in [4.78, 5) is 12.2. The van der Waals surface area contributed by atoms with Crippen LogP contribution in [0, 0.1) is 0 Å². The van der Waals surface area contributed by atoms with E-state index in [0.717, 1.165) is 24.8 Å². The molecule has 0 spiro atoms. The lowest BCUT2D eigenvalue weighted by Crippen LogP contribution is -2.21. The van der Waals surface area contributed by atoms with Crippen molar-refractivity contribution in [3.05, 3.63) is 42.0 Å². The van der Waals surface area contributed by atoms with Gasteiger partial charge in [-0.25, -0.2) is 4.79 Å². The Labute approximate surface area is 145 Å². The molecule has 0 aliphatic heterocycles. The maximum absolute atomic E-state index is 12.2. The molecule has 1 atom stereocenters. The Bertz CT molecular complexity index is 482. The topological polar surface area (TPSA) is 66.8 Å². The van der Waals surface area contributed by atoms with Crippen molar-refractivity contribution in [2.24, 2.45) is 0 Å². The number of hydrogen-bond donors (Lipinski definition) is 2. The summed E-state index contributed by atoms with van der Waals surface area (Å²) in [7, 11) is 0. The van der Waals surface area contributed by atoms with Crippen LogP contribution in [0.5, 0.6) is 0 Å². The lowest BCUT2D eigenvalue weighted by molar-refractivity contribution is -0.166. The van der Waals surface area contributed by atoms with Crippen LogP contribution < -0.4 is 0 Å². The molecule has 2 N–H and O–H groups in total. The second kappa shape index (κ2) is 12.7. The van der Waals surface area contributed by atoms with E-state index in [9.17, 15) is 9.90 Å². The van der Waals surface area contributed by atoms with Crippen LogP contribution in [0.2, 0.25) is 0 Å². The molecule has 0 aliphatic carbocycles. The molecule has 0 saturated carbocycles. The van der Waals surface area contributed by atoms with Crippen LogP contribution in [0.25, 0.3) is 5.57 Å². The Morgan fingerprint density at radius 3 is 2.33 bits per heavy atom. The van der Waals surface area contributed by atoms with Crippen molar-refractivity contribution in [1.82, 2.24) is 0 Å². The molecule has 1 rings (SSSR count). The number of carbonyl (C=O) groups excluding carboxylic acids is 1. The Kier molecular flexibility index (Phi) is 10.8. The van der Waals surface area contributed by atoms with Gasteiger partial charge in [0.2, 0.25) is 6.29 Å². The smallest absolute Gasteiger partial charge is 0.340 e. The van der Waals surface area contributed by atoms with E-state index in [4.69, 9.17) is 9.84 Å². The molecular formula is C20H30O4. The van der Waals surface area contributed by atoms with Gasteiger partial charge in [0, 0.05) is 0 Å². The Balaban J connectivity index is 2.54. The number of aliphatic hydroxyl groups excluding tert-OH is 2. The summed E-state index contributed by atoms with van der Waals surface area (Å²) in [6.45, 7) is 1.61. The van der Waals surface area contributed by atoms with E-state index in [1.54, 1.807) is 0 Å². The van der Waals surface area contributed by atoms with Crippen LogP contribution in [-0.4, -0.2) is 29.1 Å². The van der Waals surface area contributed by atoms with Crippen LogP contribution in [-0.2, 0) is 9.53 Å². The van der Waals surface area contributed by atoms with Gasteiger partial charge in [-0.05, 0) is 18.4 Å². The average Bonchev–Trinajstić information content (AvgIpc) is 2.61. The third-order valence-electron chi connectivity index (χ3n) is 3.86. The van der Waals surface area contributed by atoms with Gasteiger partial charge in [-0.3, -0.25) is 0 Å². The van der Waals surface area contributed by atoms with Crippen molar-refractivity contribution in [2.75, 3.05) is 6.61 Å². The highest BCUT2D eigenvalue weighted by molar-refractivity contribution is 6.16. The minimum Gasteiger partial charge on any atom is -0.430 e. The first-order chi connectivity index (χ1) is 11.7. The number of esters is 1. The van der Waals surface area contributed by atoms with Crippen molar-refractivity contribution in [3.63, 3.8) is 0 Å². The molecule has 1 aromatic carbocycles. The van der Waals surface area contributed by atoms with Crippen molar-refractivity contribution >= 4 is 11.5 Å². The number of carbonyl (C=O) groups is 1. The summed E-state index contributed by atoms with van der Waals surface area (Å²) in [5, 5.41) is 18.1. The highest BCUT2D eigenvalue weighted by Crippen LogP contribution is 2.19. The van der Waals surface area contributed by atoms with E-state index in [2.05, 4.69) is 6.92 Å². The molecule has 0 bridgehead atoms. The van der Waals surface area contributed by atoms with Crippen molar-refractivity contribution in [3.8, 4) is 0 Å². The number of hydrogen-bond acceptors (Lipinski definition) is 4. The fourth-order valence-electron chi connectivity index (χ4n) is 2.51. The fraction of sp³-hybridized carbons (Fsp3) is 0.550. The van der Waals surface area contributed by atoms with Gasteiger partial charge in [0.05, 0.1) is 5.57 Å². The summed E-state index contributed by atoms with van der Waals surface area (Å²) in [5.74, 6) is -0.606. The monoisotopic (exact) mass is 334 g/mol. The van der Waals surface area contributed by atoms with Crippen LogP contribution in [0.1, 0.15) is 63.9 Å². The molecular weight excluding hydrogens is 304 g/mol. The number of benzene rings is 1. The summed E-state index contributed by atoms with van der Waals surface area (Å²) in [5.41, 5.74) is 1.20. The predicted octanol–water partition coefficient (Wildman–Crippen LogP) is 4.06. The second-order valence-electron chi connectivity index (χ2n) is 5.94. The Morgan fingerprint density at radius 1 is 1.08 bits per heavy atom. The van der Waals surface area contributed by atoms with Crippen LogP contribution in [0.4, 0.5) is 0 Å². The third-order valence-corrected chi connectivity index (χ3v) is 3.86. The summed E-state index contributed by atoms with van der Waals surface area (Å²) >= 11 is 0. The number of rotatable bonds is 12. The lowest BCUT2D eigenvalue weighted by atomic mass is 10.0. The fourth-order valence-corrected chi connectivity index (χ4v) is 2.51. The summed E-state index contributed by atoms with van der Waals surface area (Å²) in [6.07, 6.45) is 9.71. The van der Waals surface area contributed by atoms with Crippen LogP contribution in [0.3, 0.4) is 0 Å². The maximum atomic E-state index is 12.2. The first kappa shape index (κ1) is 20.4. The predicted molar refractivity (Wildman–Crippen MR) is 96.2 cm³/mol. The van der Waals surface area contributed by atoms with Gasteiger partial charge in [0.25, 0.3) is 0 Å². The van der Waals surface area contributed by atoms with Gasteiger partial charge < -0.3 is 14.9 Å². The number of unbranched alkanes of at least 4 members (excludes halogenated alkanes) is 7. The third kappa shape index (κ3) is 8.27. The van der Waals surface area contributed by atoms with E-state index in [-0.39, 0.29) is 0 Å². The SMILES string of the molecule is CCCCCCCCC/C=C(\C(=O)OC(O)CO)c1ccccc1. The first-order valence-corrected chi connectivity index (χ1v) is 8.94. The molecule has 0 amide bonds. The highest BCUT2D eigenvalue weighted by atomic mass is 16.6. The zero-order valence-electron chi connectivity index (χ0n) is 14.6. The van der Waals surface area contributed by atoms with Gasteiger partial charge in [0.15, 0.2) is 0 Å². The number of ether oxygens (including phenoxy) is 1. The number of aliphatic hydroxyl groups is 2. The van der Waals surface area contributed by atoms with E-state index in [0.29, 0.717) is 5.57 Å². The molecule has 1 unspecified atom stereocenters. The quantitative estimate of drug-likeness (QED) is 0.262. The standard InChI is InChI=1S/C20H30O4/c1-2-3-4-5-6-7-8-12-15-18(17-13-10-9-11-14-17)20(23)24-19(22)16-21/h9-11,13-15,19,21-22H,2-8,12,16H2,1H3/b18-15-. The van der Waals surface area contributed by atoms with E-state index < -0.39 is 18.9 Å². The molecule has 24 heavy (non-hydrogen) atoms. The van der Waals surface area contributed by atoms with E-state index in [1.807, 2.05) is 36.4 Å². The molecule has 1 aromatic rings. The van der Waals surface area contributed by atoms with Gasteiger partial charge in [-0.15, -0.1) is 0 Å². The number of allylic oxidation sites excluding steroid dienone is 1. The molecule has 0 saturated heterocycles. The molecule has 0 fully saturated rings. The first-order valence-electron chi connectivity index (χ1n) is 8.94. The van der Waals surface area contributed by atoms with Crippen molar-refractivity contribution in [2.45, 2.75) is 64.6 Å². The van der Waals surface area contributed by atoms with Gasteiger partial charge >= 0.3 is 5.97 Å². The second-order valence-corrected chi connectivity index (χ2v) is 5.94. The summed E-state index contributed by atoms with van der Waals surface area (Å²) < 4.78 is 4.84. The van der Waals surface area contributed by atoms with Gasteiger partial charge in [-0.2, -0.15) is 0 Å². The zero-order valence-corrected chi connectivity index (χ0v) is 14.6. The Hall–Kier alpha value is -1.65. The molecule has 0 radical (unpaired) electrons. The molecule has 0 aliphatic rings. The van der Waals surface area contributed by atoms with Crippen molar-refractivity contribution < 1.29 is 19.7 Å². The van der Waals surface area contributed by atoms with Gasteiger partial charge in [-0.1, -0.05) is 81.9 Å². The zero-order chi connectivity index (χ0) is 17.6. The maximum Gasteiger partial charge on any atom is 0.340 e. The van der Waals surface area contributed by atoms with Crippen LogP contribution >= 0.6 is 0 Å². The normalized spacial score (nSPS) is 12.9. The highest BCUT2D eigenvalue weighted by Gasteiger charge is 2.16. The largest absolute Gasteiger partial charge is 0.430 e. The Morgan fingerprint density at radius 2 is 1.71 bits per heavy atom. The van der Waals surface area contributed by atoms with E-state index in [1.165, 1.54) is 32.1 Å². The minimum absolute atomic E-state index is 0.439. The summed E-state index contributed by atoms with van der Waals surface area (Å²) in [6, 6.07) is 9.26. The molecule has 4 nitrogen and oxygen atoms in total. The van der Waals surface area contributed by atoms with E-state index >= 15 is 0 Å². The van der Waals surface area contributed by atoms with Crippen LogP contribution in [0.15, 0.2) is 36.4 Å². The lowest BCUT2D eigenvalue weighted by Gasteiger charge is -2.12. The minimum atomic E-state index is -1.48. The average molecular weight is 334 g/mol. The molecule has 134 valence electrons. The molecule has 4 heteroatoms. The molecule has 0 heterocycles.